The molecule has 0 bridgehead atoms. The van der Waals surface area contributed by atoms with E-state index < -0.39 is 0 Å². The maximum absolute atomic E-state index is 6.41. The van der Waals surface area contributed by atoms with Crippen molar-refractivity contribution in [1.82, 2.24) is 4.90 Å². The topological polar surface area (TPSA) is 47.7 Å². The molecule has 4 heteroatoms. The summed E-state index contributed by atoms with van der Waals surface area (Å²) in [5.74, 6) is 2.04. The number of hydrogen-bond acceptors (Lipinski definition) is 4. The van der Waals surface area contributed by atoms with Gasteiger partial charge in [0.1, 0.15) is 0 Å². The molecule has 0 aromatic heterocycles. The molecule has 0 radical (unpaired) electrons. The minimum atomic E-state index is 0.177. The number of rotatable bonds is 7. The zero-order valence-electron chi connectivity index (χ0n) is 15.2. The molecule has 25 heavy (non-hydrogen) atoms. The first-order chi connectivity index (χ1) is 12.2. The zero-order chi connectivity index (χ0) is 17.6. The highest BCUT2D eigenvalue weighted by molar-refractivity contribution is 5.43. The standard InChI is InChI=1S/C21H28N2O2/c1-3-24-20-11-10-16(12-21(20)25-4-2)13-23-14-18(19(22)15-23)17-8-6-5-7-9-17/h5-12,18-19H,3-4,13-15,22H2,1-2H3/t18-,19+/m0/s1. The number of hydrogen-bond donors (Lipinski definition) is 1. The fourth-order valence-corrected chi connectivity index (χ4v) is 3.55. The molecule has 0 spiro atoms. The quantitative estimate of drug-likeness (QED) is 0.839. The van der Waals surface area contributed by atoms with Gasteiger partial charge in [0.15, 0.2) is 11.5 Å². The summed E-state index contributed by atoms with van der Waals surface area (Å²) in [7, 11) is 0. The molecule has 4 nitrogen and oxygen atoms in total. The third-order valence-corrected chi connectivity index (χ3v) is 4.68. The van der Waals surface area contributed by atoms with Gasteiger partial charge < -0.3 is 15.2 Å². The van der Waals surface area contributed by atoms with Crippen molar-refractivity contribution >= 4 is 0 Å². The second kappa shape index (κ2) is 8.37. The summed E-state index contributed by atoms with van der Waals surface area (Å²) in [5, 5.41) is 0. The number of ether oxygens (including phenoxy) is 2. The lowest BCUT2D eigenvalue weighted by Gasteiger charge is -2.18. The van der Waals surface area contributed by atoms with E-state index >= 15 is 0 Å². The average Bonchev–Trinajstić information content (AvgIpc) is 2.98. The zero-order valence-corrected chi connectivity index (χ0v) is 15.2. The van der Waals surface area contributed by atoms with E-state index in [1.54, 1.807) is 0 Å². The van der Waals surface area contributed by atoms with Crippen LogP contribution in [0, 0.1) is 0 Å². The van der Waals surface area contributed by atoms with Crippen LogP contribution in [0.15, 0.2) is 48.5 Å². The molecule has 0 aliphatic carbocycles. The van der Waals surface area contributed by atoms with Crippen LogP contribution in [0.4, 0.5) is 0 Å². The average molecular weight is 340 g/mol. The van der Waals surface area contributed by atoms with E-state index in [9.17, 15) is 0 Å². The van der Waals surface area contributed by atoms with Gasteiger partial charge in [-0.2, -0.15) is 0 Å². The Labute approximate surface area is 150 Å². The van der Waals surface area contributed by atoms with Crippen molar-refractivity contribution in [2.45, 2.75) is 32.4 Å². The molecular formula is C21H28N2O2. The van der Waals surface area contributed by atoms with E-state index in [0.717, 1.165) is 31.1 Å². The summed E-state index contributed by atoms with van der Waals surface area (Å²) >= 11 is 0. The molecule has 2 aromatic rings. The van der Waals surface area contributed by atoms with Crippen LogP contribution in [0.25, 0.3) is 0 Å². The minimum absolute atomic E-state index is 0.177. The van der Waals surface area contributed by atoms with E-state index in [4.69, 9.17) is 15.2 Å². The lowest BCUT2D eigenvalue weighted by atomic mass is 9.95. The van der Waals surface area contributed by atoms with Crippen LogP contribution >= 0.6 is 0 Å². The molecule has 1 heterocycles. The second-order valence-corrected chi connectivity index (χ2v) is 6.52. The van der Waals surface area contributed by atoms with Gasteiger partial charge in [0.2, 0.25) is 0 Å². The predicted molar refractivity (Wildman–Crippen MR) is 101 cm³/mol. The number of benzene rings is 2. The van der Waals surface area contributed by atoms with Gasteiger partial charge in [-0.25, -0.2) is 0 Å². The molecule has 0 unspecified atom stereocenters. The van der Waals surface area contributed by atoms with Gasteiger partial charge in [-0.1, -0.05) is 36.4 Å². The fraction of sp³-hybridized carbons (Fsp3) is 0.429. The summed E-state index contributed by atoms with van der Waals surface area (Å²) in [5.41, 5.74) is 8.97. The first-order valence-corrected chi connectivity index (χ1v) is 9.12. The highest BCUT2D eigenvalue weighted by Gasteiger charge is 2.31. The molecule has 1 aliphatic heterocycles. The van der Waals surface area contributed by atoms with E-state index in [-0.39, 0.29) is 6.04 Å². The van der Waals surface area contributed by atoms with Crippen LogP contribution < -0.4 is 15.2 Å². The van der Waals surface area contributed by atoms with Gasteiger partial charge in [-0.15, -0.1) is 0 Å². The first-order valence-electron chi connectivity index (χ1n) is 9.12. The minimum Gasteiger partial charge on any atom is -0.490 e. The van der Waals surface area contributed by atoms with Gasteiger partial charge in [0, 0.05) is 31.6 Å². The molecule has 0 amide bonds. The van der Waals surface area contributed by atoms with Crippen molar-refractivity contribution in [2.24, 2.45) is 5.73 Å². The highest BCUT2D eigenvalue weighted by atomic mass is 16.5. The van der Waals surface area contributed by atoms with Crippen molar-refractivity contribution in [1.29, 1.82) is 0 Å². The van der Waals surface area contributed by atoms with E-state index in [2.05, 4.69) is 47.4 Å². The molecule has 134 valence electrons. The van der Waals surface area contributed by atoms with Gasteiger partial charge in [-0.3, -0.25) is 4.90 Å². The van der Waals surface area contributed by atoms with Crippen molar-refractivity contribution in [3.8, 4) is 11.5 Å². The van der Waals surface area contributed by atoms with Crippen molar-refractivity contribution < 1.29 is 9.47 Å². The van der Waals surface area contributed by atoms with Crippen molar-refractivity contribution in [3.63, 3.8) is 0 Å². The Hall–Kier alpha value is -2.04. The lowest BCUT2D eigenvalue weighted by molar-refractivity contribution is 0.285. The Morgan fingerprint density at radius 2 is 1.68 bits per heavy atom. The van der Waals surface area contributed by atoms with Crippen LogP contribution in [-0.2, 0) is 6.54 Å². The Kier molecular flexibility index (Phi) is 5.95. The summed E-state index contributed by atoms with van der Waals surface area (Å²) < 4.78 is 11.4. The first kappa shape index (κ1) is 17.8. The Balaban J connectivity index is 1.69. The van der Waals surface area contributed by atoms with Gasteiger partial charge in [0.05, 0.1) is 13.2 Å². The Morgan fingerprint density at radius 1 is 0.960 bits per heavy atom. The lowest BCUT2D eigenvalue weighted by Crippen LogP contribution is -2.28. The van der Waals surface area contributed by atoms with Gasteiger partial charge >= 0.3 is 0 Å². The van der Waals surface area contributed by atoms with Crippen molar-refractivity contribution in [2.75, 3.05) is 26.3 Å². The highest BCUT2D eigenvalue weighted by Crippen LogP contribution is 2.31. The number of likely N-dealkylation sites (tertiary alicyclic amines) is 1. The number of nitrogens with zero attached hydrogens (tertiary/aromatic N) is 1. The predicted octanol–water partition coefficient (Wildman–Crippen LogP) is 3.41. The third-order valence-electron chi connectivity index (χ3n) is 4.68. The van der Waals surface area contributed by atoms with E-state index in [1.807, 2.05) is 19.9 Å². The largest absolute Gasteiger partial charge is 0.490 e. The summed E-state index contributed by atoms with van der Waals surface area (Å²) in [4.78, 5) is 2.42. The van der Waals surface area contributed by atoms with Gasteiger partial charge in [-0.05, 0) is 37.1 Å². The Morgan fingerprint density at radius 3 is 2.40 bits per heavy atom. The second-order valence-electron chi connectivity index (χ2n) is 6.52. The number of nitrogens with two attached hydrogens (primary N) is 1. The third kappa shape index (κ3) is 4.33. The molecular weight excluding hydrogens is 312 g/mol. The molecule has 0 saturated carbocycles. The SMILES string of the molecule is CCOc1ccc(CN2C[C@@H](N)[C@H](c3ccccc3)C2)cc1OCC. The summed E-state index contributed by atoms with van der Waals surface area (Å²) in [6.07, 6.45) is 0. The smallest absolute Gasteiger partial charge is 0.161 e. The molecule has 3 rings (SSSR count). The van der Waals surface area contributed by atoms with Crippen LogP contribution in [0.2, 0.25) is 0 Å². The van der Waals surface area contributed by atoms with E-state index in [0.29, 0.717) is 19.1 Å². The monoisotopic (exact) mass is 340 g/mol. The maximum Gasteiger partial charge on any atom is 0.161 e. The molecule has 1 aliphatic rings. The van der Waals surface area contributed by atoms with Crippen LogP contribution in [0.3, 0.4) is 0 Å². The molecule has 2 atom stereocenters. The van der Waals surface area contributed by atoms with E-state index in [1.165, 1.54) is 11.1 Å². The summed E-state index contributed by atoms with van der Waals surface area (Å²) in [6, 6.07) is 17.0. The van der Waals surface area contributed by atoms with Crippen LogP contribution in [-0.4, -0.2) is 37.2 Å². The molecule has 1 fully saturated rings. The van der Waals surface area contributed by atoms with Crippen LogP contribution in [0.5, 0.6) is 11.5 Å². The normalized spacial score (nSPS) is 20.6. The van der Waals surface area contributed by atoms with Gasteiger partial charge in [0.25, 0.3) is 0 Å². The maximum atomic E-state index is 6.41. The fourth-order valence-electron chi connectivity index (χ4n) is 3.55. The van der Waals surface area contributed by atoms with Crippen molar-refractivity contribution in [3.05, 3.63) is 59.7 Å². The molecule has 2 aromatic carbocycles. The summed E-state index contributed by atoms with van der Waals surface area (Å²) in [6.45, 7) is 8.03. The Bertz CT molecular complexity index is 675. The molecule has 2 N–H and O–H groups in total. The van der Waals surface area contributed by atoms with Crippen LogP contribution in [0.1, 0.15) is 30.9 Å². The molecule has 1 saturated heterocycles.